The summed E-state index contributed by atoms with van der Waals surface area (Å²) in [6.07, 6.45) is 0. The van der Waals surface area contributed by atoms with Crippen LogP contribution in [0.25, 0.3) is 0 Å². The first-order valence-corrected chi connectivity index (χ1v) is 8.36. The van der Waals surface area contributed by atoms with E-state index in [2.05, 4.69) is 0 Å². The minimum Gasteiger partial charge on any atom is -0.379 e. The normalized spacial score (nSPS) is 11.2. The van der Waals surface area contributed by atoms with Crippen molar-refractivity contribution in [2.75, 3.05) is 0 Å². The molecule has 0 saturated heterocycles. The van der Waals surface area contributed by atoms with Crippen molar-refractivity contribution < 1.29 is 12.6 Å². The van der Waals surface area contributed by atoms with Crippen LogP contribution in [-0.4, -0.2) is 8.42 Å². The zero-order valence-corrected chi connectivity index (χ0v) is 13.6. The molecule has 0 spiro atoms. The van der Waals surface area contributed by atoms with E-state index in [9.17, 15) is 8.42 Å². The predicted molar refractivity (Wildman–Crippen MR) is 84.5 cm³/mol. The molecule has 2 aromatic rings. The maximum atomic E-state index is 12.3. The second kappa shape index (κ2) is 6.39. The van der Waals surface area contributed by atoms with Crippen molar-refractivity contribution in [3.63, 3.8) is 0 Å². The van der Waals surface area contributed by atoms with Gasteiger partial charge in [0.25, 0.3) is 0 Å². The Morgan fingerprint density at radius 1 is 1.18 bits per heavy atom. The van der Waals surface area contributed by atoms with Crippen LogP contribution in [0, 0.1) is 11.3 Å². The molecule has 0 atom stereocenters. The van der Waals surface area contributed by atoms with Crippen LogP contribution in [-0.2, 0) is 10.1 Å². The van der Waals surface area contributed by atoms with Crippen LogP contribution in [0.3, 0.4) is 0 Å². The molecule has 4 nitrogen and oxygen atoms in total. The lowest BCUT2D eigenvalue weighted by Gasteiger charge is -2.10. The average molecular weight is 336 g/mol. The lowest BCUT2D eigenvalue weighted by Crippen LogP contribution is -2.10. The molecule has 0 N–H and O–H groups in total. The smallest absolute Gasteiger partial charge is 0.339 e. The van der Waals surface area contributed by atoms with Gasteiger partial charge in [0.15, 0.2) is 0 Å². The van der Waals surface area contributed by atoms with Crippen LogP contribution in [0.4, 0.5) is 0 Å². The second-order valence-electron chi connectivity index (χ2n) is 5.02. The first kappa shape index (κ1) is 16.3. The first-order chi connectivity index (χ1) is 10.3. The molecule has 6 heteroatoms. The summed E-state index contributed by atoms with van der Waals surface area (Å²) in [5, 5.41) is 8.89. The van der Waals surface area contributed by atoms with Gasteiger partial charge < -0.3 is 4.18 Å². The Bertz CT molecular complexity index is 839. The molecule has 0 bridgehead atoms. The summed E-state index contributed by atoms with van der Waals surface area (Å²) >= 11 is 5.86. The molecule has 2 rings (SSSR count). The molecule has 0 unspecified atom stereocenters. The molecule has 0 aliphatic heterocycles. The number of rotatable bonds is 4. The molecule has 0 fully saturated rings. The minimum atomic E-state index is -4.00. The van der Waals surface area contributed by atoms with E-state index in [1.54, 1.807) is 18.2 Å². The third-order valence-electron chi connectivity index (χ3n) is 3.08. The Morgan fingerprint density at radius 2 is 1.91 bits per heavy atom. The Balaban J connectivity index is 2.34. The van der Waals surface area contributed by atoms with Gasteiger partial charge in [0.1, 0.15) is 16.7 Å². The maximum absolute atomic E-state index is 12.3. The highest BCUT2D eigenvalue weighted by Crippen LogP contribution is 2.25. The Kier molecular flexibility index (Phi) is 4.74. The topological polar surface area (TPSA) is 67.2 Å². The molecule has 0 saturated carbocycles. The summed E-state index contributed by atoms with van der Waals surface area (Å²) in [6, 6.07) is 12.6. The van der Waals surface area contributed by atoms with E-state index >= 15 is 0 Å². The summed E-state index contributed by atoms with van der Waals surface area (Å²) in [6.45, 7) is 4.02. The van der Waals surface area contributed by atoms with Gasteiger partial charge in [-0.3, -0.25) is 0 Å². The fraction of sp³-hybridized carbons (Fsp3) is 0.188. The molecule has 0 heterocycles. The van der Waals surface area contributed by atoms with Crippen LogP contribution in [0.2, 0.25) is 5.02 Å². The number of hydrogen-bond acceptors (Lipinski definition) is 4. The van der Waals surface area contributed by atoms with E-state index in [1.807, 2.05) is 26.0 Å². The van der Waals surface area contributed by atoms with E-state index in [-0.39, 0.29) is 27.1 Å². The lowest BCUT2D eigenvalue weighted by atomic mass is 10.0. The van der Waals surface area contributed by atoms with E-state index in [0.29, 0.717) is 0 Å². The van der Waals surface area contributed by atoms with Crippen molar-refractivity contribution in [1.29, 1.82) is 5.26 Å². The third-order valence-corrected chi connectivity index (χ3v) is 4.64. The molecule has 0 radical (unpaired) electrons. The second-order valence-corrected chi connectivity index (χ2v) is 6.97. The quantitative estimate of drug-likeness (QED) is 0.789. The maximum Gasteiger partial charge on any atom is 0.339 e. The highest BCUT2D eigenvalue weighted by Gasteiger charge is 2.18. The number of hydrogen-bond donors (Lipinski definition) is 0. The number of nitrogens with zero attached hydrogens (tertiary/aromatic N) is 1. The molecule has 2 aromatic carbocycles. The Morgan fingerprint density at radius 3 is 2.50 bits per heavy atom. The summed E-state index contributed by atoms with van der Waals surface area (Å²) < 4.78 is 29.7. The molecule has 0 amide bonds. The Labute approximate surface area is 135 Å². The zero-order chi connectivity index (χ0) is 16.3. The summed E-state index contributed by atoms with van der Waals surface area (Å²) in [5.74, 6) is 0.502. The molecule has 114 valence electrons. The van der Waals surface area contributed by atoms with Gasteiger partial charge in [-0.15, -0.1) is 0 Å². The average Bonchev–Trinajstić information content (AvgIpc) is 2.47. The predicted octanol–water partition coefficient (Wildman–Crippen LogP) is 4.10. The summed E-state index contributed by atoms with van der Waals surface area (Å²) in [5.41, 5.74) is 1.19. The summed E-state index contributed by atoms with van der Waals surface area (Å²) in [4.78, 5) is -0.0912. The standard InChI is InChI=1S/C16H14ClNO3S/c1-11(2)12-4-3-5-14(8-12)21-22(19,20)15-7-6-13(10-18)16(17)9-15/h3-9,11H,1-2H3. The molecule has 0 aliphatic carbocycles. The highest BCUT2D eigenvalue weighted by molar-refractivity contribution is 7.87. The molecule has 0 aliphatic rings. The molecular weight excluding hydrogens is 322 g/mol. The molecular formula is C16H14ClNO3S. The van der Waals surface area contributed by atoms with Crippen molar-refractivity contribution in [1.82, 2.24) is 0 Å². The van der Waals surface area contributed by atoms with Crippen LogP contribution in [0.5, 0.6) is 5.75 Å². The number of benzene rings is 2. The van der Waals surface area contributed by atoms with E-state index in [0.717, 1.165) is 5.56 Å². The zero-order valence-electron chi connectivity index (χ0n) is 12.1. The van der Waals surface area contributed by atoms with Gasteiger partial charge in [-0.25, -0.2) is 0 Å². The fourth-order valence-electron chi connectivity index (χ4n) is 1.84. The highest BCUT2D eigenvalue weighted by atomic mass is 35.5. The minimum absolute atomic E-state index is 0.0723. The fourth-order valence-corrected chi connectivity index (χ4v) is 3.08. The van der Waals surface area contributed by atoms with Gasteiger partial charge in [-0.05, 0) is 41.8 Å². The van der Waals surface area contributed by atoms with Crippen molar-refractivity contribution >= 4 is 21.7 Å². The lowest BCUT2D eigenvalue weighted by molar-refractivity contribution is 0.485. The SMILES string of the molecule is CC(C)c1cccc(OS(=O)(=O)c2ccc(C#N)c(Cl)c2)c1. The van der Waals surface area contributed by atoms with E-state index in [1.165, 1.54) is 18.2 Å². The van der Waals surface area contributed by atoms with Gasteiger partial charge >= 0.3 is 10.1 Å². The van der Waals surface area contributed by atoms with Crippen LogP contribution >= 0.6 is 11.6 Å². The van der Waals surface area contributed by atoms with Gasteiger partial charge in [0.2, 0.25) is 0 Å². The van der Waals surface area contributed by atoms with Gasteiger partial charge in [0, 0.05) is 0 Å². The van der Waals surface area contributed by atoms with Crippen LogP contribution < -0.4 is 4.18 Å². The molecule has 0 aromatic heterocycles. The van der Waals surface area contributed by atoms with Crippen molar-refractivity contribution in [3.8, 4) is 11.8 Å². The van der Waals surface area contributed by atoms with Crippen molar-refractivity contribution in [2.24, 2.45) is 0 Å². The monoisotopic (exact) mass is 335 g/mol. The van der Waals surface area contributed by atoms with Gasteiger partial charge in [-0.1, -0.05) is 37.6 Å². The van der Waals surface area contributed by atoms with Gasteiger partial charge in [-0.2, -0.15) is 13.7 Å². The van der Waals surface area contributed by atoms with E-state index in [4.69, 9.17) is 21.0 Å². The third kappa shape index (κ3) is 3.59. The van der Waals surface area contributed by atoms with Crippen molar-refractivity contribution in [2.45, 2.75) is 24.7 Å². The number of nitriles is 1. The Hall–Kier alpha value is -2.03. The largest absolute Gasteiger partial charge is 0.379 e. The first-order valence-electron chi connectivity index (χ1n) is 6.57. The van der Waals surface area contributed by atoms with Crippen molar-refractivity contribution in [3.05, 3.63) is 58.6 Å². The number of halogens is 1. The van der Waals surface area contributed by atoms with E-state index < -0.39 is 10.1 Å². The van der Waals surface area contributed by atoms with Gasteiger partial charge in [0.05, 0.1) is 10.6 Å². The molecule has 22 heavy (non-hydrogen) atoms. The van der Waals surface area contributed by atoms with Crippen LogP contribution in [0.1, 0.15) is 30.9 Å². The van der Waals surface area contributed by atoms with Crippen LogP contribution in [0.15, 0.2) is 47.4 Å². The summed E-state index contributed by atoms with van der Waals surface area (Å²) in [7, 11) is -4.00.